The fourth-order valence-corrected chi connectivity index (χ4v) is 6.04. The molecule has 0 saturated heterocycles. The standard InChI is InChI=1S/C19H19ClIN6PS.C2H6/c1-10-7-14(25-26(10)3)12-5-6-13(16(8-12)29-4)23-15-9-17(20)24-19-18(15)22-11(2)27(19)28-21;1-2/h5-9,28H,1-4H3,(H,23,24);1-2H3. The first kappa shape index (κ1) is 24.3. The zero-order valence-corrected chi connectivity index (χ0v) is 23.0. The largest absolute Gasteiger partial charge is 0.353 e. The first-order valence-electron chi connectivity index (χ1n) is 9.79. The van der Waals surface area contributed by atoms with Crippen molar-refractivity contribution >= 4 is 74.3 Å². The molecular weight excluding hydrogens is 562 g/mol. The average Bonchev–Trinajstić information content (AvgIpc) is 3.27. The highest BCUT2D eigenvalue weighted by molar-refractivity contribution is 14.2. The second-order valence-corrected chi connectivity index (χ2v) is 9.88. The van der Waals surface area contributed by atoms with E-state index in [4.69, 9.17) is 16.6 Å². The molecule has 0 amide bonds. The van der Waals surface area contributed by atoms with Crippen LogP contribution in [0.3, 0.4) is 0 Å². The monoisotopic (exact) mass is 586 g/mol. The highest BCUT2D eigenvalue weighted by atomic mass is 127. The fraction of sp³-hybridized carbons (Fsp3) is 0.286. The smallest absolute Gasteiger partial charge is 0.167 e. The van der Waals surface area contributed by atoms with E-state index in [0.29, 0.717) is 11.5 Å². The molecule has 4 rings (SSSR count). The Morgan fingerprint density at radius 1 is 1.10 bits per heavy atom. The molecule has 31 heavy (non-hydrogen) atoms. The van der Waals surface area contributed by atoms with Gasteiger partial charge in [-0.05, 0) is 60.3 Å². The van der Waals surface area contributed by atoms with Gasteiger partial charge in [-0.25, -0.2) is 9.97 Å². The summed E-state index contributed by atoms with van der Waals surface area (Å²) < 4.78 is 3.97. The zero-order valence-electron chi connectivity index (χ0n) is 18.3. The number of aromatic nitrogens is 5. The Bertz CT molecular complexity index is 1200. The first-order valence-corrected chi connectivity index (χ1v) is 15.5. The Hall–Kier alpha value is -1.35. The van der Waals surface area contributed by atoms with Gasteiger partial charge in [0.05, 0.1) is 23.4 Å². The molecule has 0 radical (unpaired) electrons. The number of nitrogens with zero attached hydrogens (tertiary/aromatic N) is 5. The lowest BCUT2D eigenvalue weighted by atomic mass is 10.1. The SMILES string of the molecule is CC.CSc1cc(-c2cc(C)n(C)n2)ccc1Nc1cc(Cl)nc2c1nc(C)n2PI. The van der Waals surface area contributed by atoms with E-state index in [-0.39, 0.29) is 0 Å². The molecule has 0 aliphatic carbocycles. The molecule has 0 aliphatic rings. The number of aryl methyl sites for hydroxylation is 3. The topological polar surface area (TPSA) is 60.6 Å². The molecule has 1 N–H and O–H groups in total. The molecule has 1 unspecified atom stereocenters. The van der Waals surface area contributed by atoms with Gasteiger partial charge >= 0.3 is 0 Å². The van der Waals surface area contributed by atoms with Crippen molar-refractivity contribution in [2.24, 2.45) is 7.05 Å². The molecule has 0 aliphatic heterocycles. The third kappa shape index (κ3) is 5.02. The van der Waals surface area contributed by atoms with Crippen LogP contribution in [0.4, 0.5) is 11.4 Å². The second-order valence-electron chi connectivity index (χ2n) is 6.58. The molecule has 1 aromatic carbocycles. The van der Waals surface area contributed by atoms with E-state index in [1.54, 1.807) is 11.8 Å². The van der Waals surface area contributed by atoms with E-state index in [2.05, 4.69) is 79.2 Å². The Labute approximate surface area is 206 Å². The summed E-state index contributed by atoms with van der Waals surface area (Å²) in [7, 11) is 1.96. The molecule has 6 nitrogen and oxygen atoms in total. The maximum atomic E-state index is 6.32. The third-order valence-electron chi connectivity index (χ3n) is 4.72. The van der Waals surface area contributed by atoms with E-state index in [9.17, 15) is 0 Å². The fourth-order valence-electron chi connectivity index (χ4n) is 3.12. The van der Waals surface area contributed by atoms with Gasteiger partial charge in [0.1, 0.15) is 16.5 Å². The Morgan fingerprint density at radius 3 is 2.45 bits per heavy atom. The van der Waals surface area contributed by atoms with Gasteiger partial charge in [-0.15, -0.1) is 11.8 Å². The van der Waals surface area contributed by atoms with Gasteiger partial charge in [0.15, 0.2) is 5.65 Å². The third-order valence-corrected chi connectivity index (χ3v) is 7.84. The van der Waals surface area contributed by atoms with Crippen LogP contribution in [0.1, 0.15) is 25.4 Å². The Morgan fingerprint density at radius 2 is 1.84 bits per heavy atom. The lowest BCUT2D eigenvalue weighted by molar-refractivity contribution is 0.743. The first-order chi connectivity index (χ1) is 14.9. The Kier molecular flexibility index (Phi) is 8.24. The van der Waals surface area contributed by atoms with Crippen molar-refractivity contribution in [3.63, 3.8) is 0 Å². The molecule has 3 heterocycles. The van der Waals surface area contributed by atoms with Crippen molar-refractivity contribution in [3.05, 3.63) is 47.0 Å². The van der Waals surface area contributed by atoms with Crippen molar-refractivity contribution < 1.29 is 0 Å². The number of anilines is 2. The molecule has 0 saturated carbocycles. The molecule has 10 heteroatoms. The normalized spacial score (nSPS) is 11.2. The van der Waals surface area contributed by atoms with Crippen molar-refractivity contribution in [3.8, 4) is 11.3 Å². The molecular formula is C21H25ClIN6PS. The maximum absolute atomic E-state index is 6.32. The molecule has 0 spiro atoms. The maximum Gasteiger partial charge on any atom is 0.167 e. The van der Waals surface area contributed by atoms with Crippen molar-refractivity contribution in [1.29, 1.82) is 0 Å². The van der Waals surface area contributed by atoms with E-state index < -0.39 is 0 Å². The van der Waals surface area contributed by atoms with Crippen LogP contribution in [0.5, 0.6) is 0 Å². The number of thioether (sulfide) groups is 1. The number of fused-ring (bicyclic) bond motifs is 1. The zero-order chi connectivity index (χ0) is 22.7. The molecule has 0 fully saturated rings. The van der Waals surface area contributed by atoms with Crippen LogP contribution in [0, 0.1) is 13.8 Å². The minimum Gasteiger partial charge on any atom is -0.353 e. The summed E-state index contributed by atoms with van der Waals surface area (Å²) in [4.78, 5) is 10.3. The molecule has 3 aromatic heterocycles. The number of imidazole rings is 1. The van der Waals surface area contributed by atoms with E-state index in [1.165, 1.54) is 0 Å². The summed E-state index contributed by atoms with van der Waals surface area (Å²) in [6.07, 6.45) is 2.58. The van der Waals surface area contributed by atoms with Crippen LogP contribution >= 0.6 is 51.8 Å². The number of benzene rings is 1. The minimum absolute atomic E-state index is 0.446. The summed E-state index contributed by atoms with van der Waals surface area (Å²) in [5.41, 5.74) is 6.67. The highest BCUT2D eigenvalue weighted by Crippen LogP contribution is 2.37. The molecule has 1 atom stereocenters. The Balaban J connectivity index is 0.00000132. The van der Waals surface area contributed by atoms with Gasteiger partial charge in [-0.2, -0.15) is 5.10 Å². The van der Waals surface area contributed by atoms with E-state index in [1.807, 2.05) is 38.6 Å². The number of rotatable bonds is 5. The van der Waals surface area contributed by atoms with Crippen LogP contribution < -0.4 is 5.32 Å². The molecule has 0 bridgehead atoms. The summed E-state index contributed by atoms with van der Waals surface area (Å²) in [5, 5.41) is 8.56. The van der Waals surface area contributed by atoms with Crippen molar-refractivity contribution in [2.45, 2.75) is 32.6 Å². The molecule has 164 valence electrons. The van der Waals surface area contributed by atoms with E-state index >= 15 is 0 Å². The van der Waals surface area contributed by atoms with Crippen LogP contribution in [-0.2, 0) is 7.05 Å². The van der Waals surface area contributed by atoms with Gasteiger partial charge in [0.2, 0.25) is 0 Å². The average molecular weight is 587 g/mol. The van der Waals surface area contributed by atoms with E-state index in [0.717, 1.165) is 50.2 Å². The van der Waals surface area contributed by atoms with Gasteiger partial charge in [0.25, 0.3) is 0 Å². The van der Waals surface area contributed by atoms with Crippen LogP contribution in [-0.4, -0.2) is 30.3 Å². The summed E-state index contributed by atoms with van der Waals surface area (Å²) in [5.74, 6) is 0.927. The van der Waals surface area contributed by atoms with Gasteiger partial charge < -0.3 is 5.32 Å². The van der Waals surface area contributed by atoms with Crippen LogP contribution in [0.15, 0.2) is 35.2 Å². The lowest BCUT2D eigenvalue weighted by Gasteiger charge is -2.13. The summed E-state index contributed by atoms with van der Waals surface area (Å²) in [6, 6.07) is 10.2. The lowest BCUT2D eigenvalue weighted by Crippen LogP contribution is -1.96. The number of hydrogen-bond donors (Lipinski definition) is 1. The summed E-state index contributed by atoms with van der Waals surface area (Å²) in [6.45, 7) is 8.04. The number of pyridine rings is 1. The van der Waals surface area contributed by atoms with Gasteiger partial charge in [-0.3, -0.25) is 9.02 Å². The predicted molar refractivity (Wildman–Crippen MR) is 145 cm³/mol. The number of hydrogen-bond acceptors (Lipinski definition) is 5. The number of halogens is 2. The minimum atomic E-state index is 0.446. The highest BCUT2D eigenvalue weighted by Gasteiger charge is 2.16. The van der Waals surface area contributed by atoms with Crippen molar-refractivity contribution in [1.82, 2.24) is 24.1 Å². The van der Waals surface area contributed by atoms with Gasteiger partial charge in [-0.1, -0.05) is 31.5 Å². The summed E-state index contributed by atoms with van der Waals surface area (Å²) >= 11 is 10.3. The van der Waals surface area contributed by atoms with Crippen LogP contribution in [0.2, 0.25) is 5.15 Å². The quantitative estimate of drug-likeness (QED) is 0.114. The number of nitrogens with one attached hydrogen (secondary N) is 1. The van der Waals surface area contributed by atoms with Gasteiger partial charge in [0, 0.05) is 29.3 Å². The molecule has 4 aromatic rings. The second kappa shape index (κ2) is 10.5. The van der Waals surface area contributed by atoms with Crippen molar-refractivity contribution in [2.75, 3.05) is 11.6 Å². The predicted octanol–water partition coefficient (Wildman–Crippen LogP) is 7.39. The van der Waals surface area contributed by atoms with Crippen LogP contribution in [0.25, 0.3) is 22.4 Å².